The number of ether oxygens (including phenoxy) is 1. The lowest BCUT2D eigenvalue weighted by Gasteiger charge is -2.22. The summed E-state index contributed by atoms with van der Waals surface area (Å²) < 4.78 is 43.2. The van der Waals surface area contributed by atoms with Gasteiger partial charge in [-0.25, -0.2) is 4.79 Å². The van der Waals surface area contributed by atoms with E-state index in [1.807, 2.05) is 0 Å². The maximum absolute atomic E-state index is 12.7. The summed E-state index contributed by atoms with van der Waals surface area (Å²) in [5.41, 5.74) is -0.420. The van der Waals surface area contributed by atoms with E-state index in [1.165, 1.54) is 0 Å². The molecule has 0 aliphatic carbocycles. The maximum Gasteiger partial charge on any atom is 0.416 e. The molecule has 0 aliphatic rings. The number of Topliss-reactive ketones (excluding diaryl/α,β-unsaturated/α-hetero) is 1. The monoisotopic (exact) mass is 402 g/mol. The van der Waals surface area contributed by atoms with Gasteiger partial charge in [-0.3, -0.25) is 4.79 Å². The molecule has 9 heteroatoms. The number of H-pyrrole nitrogens is 1. The van der Waals surface area contributed by atoms with Crippen LogP contribution in [0.2, 0.25) is 5.02 Å². The van der Waals surface area contributed by atoms with E-state index in [0.29, 0.717) is 5.69 Å². The first-order valence-corrected chi connectivity index (χ1v) is 8.44. The van der Waals surface area contributed by atoms with Gasteiger partial charge in [0.1, 0.15) is 6.04 Å². The Balaban J connectivity index is 2.06. The number of halogens is 4. The molecule has 2 N–H and O–H groups in total. The van der Waals surface area contributed by atoms with Crippen molar-refractivity contribution in [3.63, 3.8) is 0 Å². The summed E-state index contributed by atoms with van der Waals surface area (Å²) >= 11 is 5.91. The number of esters is 1. The SMILES string of the molecule is CC(C)C(Nc1ccc(C(F)(F)F)cc1Cl)C(=O)OCC(=O)c1ccc[nH]1. The molecule has 2 aromatic rings. The van der Waals surface area contributed by atoms with Crippen molar-refractivity contribution in [2.24, 2.45) is 5.92 Å². The lowest BCUT2D eigenvalue weighted by molar-refractivity contribution is -0.144. The van der Waals surface area contributed by atoms with Crippen LogP contribution in [0.3, 0.4) is 0 Å². The van der Waals surface area contributed by atoms with Gasteiger partial charge < -0.3 is 15.0 Å². The number of rotatable bonds is 7. The van der Waals surface area contributed by atoms with Crippen LogP contribution in [0.4, 0.5) is 18.9 Å². The number of anilines is 1. The van der Waals surface area contributed by atoms with Gasteiger partial charge in [-0.15, -0.1) is 0 Å². The third kappa shape index (κ3) is 5.50. The molecule has 0 fully saturated rings. The van der Waals surface area contributed by atoms with Gasteiger partial charge >= 0.3 is 12.1 Å². The Labute approximate surface area is 158 Å². The molecule has 0 bridgehead atoms. The first-order valence-electron chi connectivity index (χ1n) is 8.06. The second-order valence-electron chi connectivity index (χ2n) is 6.17. The fourth-order valence-corrected chi connectivity index (χ4v) is 2.52. The van der Waals surface area contributed by atoms with Gasteiger partial charge in [0.15, 0.2) is 6.61 Å². The zero-order chi connectivity index (χ0) is 20.2. The Bertz CT molecular complexity index is 805. The van der Waals surface area contributed by atoms with E-state index in [0.717, 1.165) is 18.2 Å². The molecule has 1 unspecified atom stereocenters. The number of nitrogens with one attached hydrogen (secondary N) is 2. The molecule has 0 amide bonds. The zero-order valence-corrected chi connectivity index (χ0v) is 15.3. The van der Waals surface area contributed by atoms with E-state index in [9.17, 15) is 22.8 Å². The van der Waals surface area contributed by atoms with Gasteiger partial charge in [0.2, 0.25) is 5.78 Å². The third-order valence-electron chi connectivity index (χ3n) is 3.77. The Morgan fingerprint density at radius 1 is 1.26 bits per heavy atom. The second-order valence-corrected chi connectivity index (χ2v) is 6.58. The highest BCUT2D eigenvalue weighted by Gasteiger charge is 2.31. The van der Waals surface area contributed by atoms with Crippen molar-refractivity contribution >= 4 is 29.0 Å². The Morgan fingerprint density at radius 3 is 2.48 bits per heavy atom. The Hall–Kier alpha value is -2.48. The van der Waals surface area contributed by atoms with E-state index in [4.69, 9.17) is 16.3 Å². The molecular formula is C18H18ClF3N2O3. The van der Waals surface area contributed by atoms with E-state index < -0.39 is 36.1 Å². The molecule has 1 aromatic heterocycles. The van der Waals surface area contributed by atoms with Gasteiger partial charge in [0.25, 0.3) is 0 Å². The second kappa shape index (κ2) is 8.47. The summed E-state index contributed by atoms with van der Waals surface area (Å²) in [5, 5.41) is 2.62. The summed E-state index contributed by atoms with van der Waals surface area (Å²) in [7, 11) is 0. The van der Waals surface area contributed by atoms with E-state index in [1.54, 1.807) is 32.2 Å². The molecule has 1 aromatic carbocycles. The number of hydrogen-bond donors (Lipinski definition) is 2. The van der Waals surface area contributed by atoms with Crippen molar-refractivity contribution in [2.45, 2.75) is 26.1 Å². The molecule has 146 valence electrons. The summed E-state index contributed by atoms with van der Waals surface area (Å²) in [6.07, 6.45) is -2.95. The molecule has 0 saturated heterocycles. The molecule has 2 rings (SSSR count). The van der Waals surface area contributed by atoms with Crippen molar-refractivity contribution in [3.8, 4) is 0 Å². The molecule has 27 heavy (non-hydrogen) atoms. The topological polar surface area (TPSA) is 71.2 Å². The van der Waals surface area contributed by atoms with Crippen LogP contribution in [0.5, 0.6) is 0 Å². The van der Waals surface area contributed by atoms with Gasteiger partial charge in [0, 0.05) is 6.20 Å². The van der Waals surface area contributed by atoms with Gasteiger partial charge in [0.05, 0.1) is 22.0 Å². The Kier molecular flexibility index (Phi) is 6.54. The van der Waals surface area contributed by atoms with Crippen LogP contribution in [0.15, 0.2) is 36.5 Å². The van der Waals surface area contributed by atoms with Crippen molar-refractivity contribution in [2.75, 3.05) is 11.9 Å². The number of carbonyl (C=O) groups is 2. The fraction of sp³-hybridized carbons (Fsp3) is 0.333. The van der Waals surface area contributed by atoms with Crippen LogP contribution >= 0.6 is 11.6 Å². The summed E-state index contributed by atoms with van der Waals surface area (Å²) in [6, 6.07) is 5.09. The number of aromatic amines is 1. The lowest BCUT2D eigenvalue weighted by Crippen LogP contribution is -2.37. The standard InChI is InChI=1S/C18H18ClF3N2O3/c1-10(2)16(17(26)27-9-15(25)14-4-3-7-23-14)24-13-6-5-11(8-12(13)19)18(20,21)22/h3-8,10,16,23-24H,9H2,1-2H3. The van der Waals surface area contributed by atoms with E-state index >= 15 is 0 Å². The number of aromatic nitrogens is 1. The average Bonchev–Trinajstić information content (AvgIpc) is 3.11. The largest absolute Gasteiger partial charge is 0.456 e. The molecule has 0 spiro atoms. The van der Waals surface area contributed by atoms with Gasteiger partial charge in [-0.2, -0.15) is 13.2 Å². The molecule has 5 nitrogen and oxygen atoms in total. The van der Waals surface area contributed by atoms with E-state index in [-0.39, 0.29) is 16.6 Å². The highest BCUT2D eigenvalue weighted by atomic mass is 35.5. The lowest BCUT2D eigenvalue weighted by atomic mass is 10.0. The third-order valence-corrected chi connectivity index (χ3v) is 4.08. The quantitative estimate of drug-likeness (QED) is 0.526. The van der Waals surface area contributed by atoms with Crippen LogP contribution in [0.25, 0.3) is 0 Å². The van der Waals surface area contributed by atoms with Crippen LogP contribution < -0.4 is 5.32 Å². The normalized spacial score (nSPS) is 12.7. The van der Waals surface area contributed by atoms with Crippen LogP contribution in [0.1, 0.15) is 29.9 Å². The summed E-state index contributed by atoms with van der Waals surface area (Å²) in [5.74, 6) is -1.37. The van der Waals surface area contributed by atoms with Crippen LogP contribution in [0, 0.1) is 5.92 Å². The molecule has 0 aliphatic heterocycles. The number of hydrogen-bond acceptors (Lipinski definition) is 4. The minimum absolute atomic E-state index is 0.163. The van der Waals surface area contributed by atoms with Crippen molar-refractivity contribution < 1.29 is 27.5 Å². The van der Waals surface area contributed by atoms with Crippen LogP contribution in [-0.2, 0) is 15.7 Å². The predicted octanol–water partition coefficient (Wildman–Crippen LogP) is 4.55. The smallest absolute Gasteiger partial charge is 0.416 e. The number of ketones is 1. The first kappa shape index (κ1) is 20.8. The maximum atomic E-state index is 12.7. The highest BCUT2D eigenvalue weighted by molar-refractivity contribution is 6.33. The summed E-state index contributed by atoms with van der Waals surface area (Å²) in [6.45, 7) is 3.00. The Morgan fingerprint density at radius 2 is 1.96 bits per heavy atom. The first-order chi connectivity index (χ1) is 12.6. The molecular weight excluding hydrogens is 385 g/mol. The predicted molar refractivity (Wildman–Crippen MR) is 94.8 cm³/mol. The molecule has 1 atom stereocenters. The van der Waals surface area contributed by atoms with Gasteiger partial charge in [-0.05, 0) is 36.2 Å². The van der Waals surface area contributed by atoms with Gasteiger partial charge in [-0.1, -0.05) is 25.4 Å². The zero-order valence-electron chi connectivity index (χ0n) is 14.6. The fourth-order valence-electron chi connectivity index (χ4n) is 2.28. The van der Waals surface area contributed by atoms with Crippen molar-refractivity contribution in [1.29, 1.82) is 0 Å². The highest BCUT2D eigenvalue weighted by Crippen LogP contribution is 2.34. The van der Waals surface area contributed by atoms with Crippen molar-refractivity contribution in [3.05, 3.63) is 52.8 Å². The molecule has 0 saturated carbocycles. The van der Waals surface area contributed by atoms with Crippen LogP contribution in [-0.4, -0.2) is 29.4 Å². The number of benzene rings is 1. The number of carbonyl (C=O) groups excluding carboxylic acids is 2. The number of alkyl halides is 3. The minimum Gasteiger partial charge on any atom is -0.456 e. The molecule has 1 heterocycles. The average molecular weight is 403 g/mol. The van der Waals surface area contributed by atoms with E-state index in [2.05, 4.69) is 10.3 Å². The minimum atomic E-state index is -4.52. The summed E-state index contributed by atoms with van der Waals surface area (Å²) in [4.78, 5) is 26.9. The molecule has 0 radical (unpaired) electrons. The van der Waals surface area contributed by atoms with Crippen molar-refractivity contribution in [1.82, 2.24) is 4.98 Å².